The molecule has 0 bridgehead atoms. The van der Waals surface area contributed by atoms with Crippen molar-refractivity contribution >= 4 is 5.69 Å². The summed E-state index contributed by atoms with van der Waals surface area (Å²) in [6, 6.07) is 1.27. The number of nitro groups is 1. The molecule has 1 aromatic rings. The lowest BCUT2D eigenvalue weighted by Crippen LogP contribution is -2.16. The van der Waals surface area contributed by atoms with E-state index in [2.05, 4.69) is 0 Å². The number of nitrogens with two attached hydrogens (primary N) is 1. The summed E-state index contributed by atoms with van der Waals surface area (Å²) in [5.74, 6) is -0.271. The molecule has 0 fully saturated rings. The fourth-order valence-electron chi connectivity index (χ4n) is 1.29. The van der Waals surface area contributed by atoms with E-state index in [1.54, 1.807) is 0 Å². The minimum Gasteiger partial charge on any atom is -0.504 e. The fraction of sp³-hybridized carbons (Fsp3) is 0.333. The lowest BCUT2D eigenvalue weighted by Gasteiger charge is -2.11. The van der Waals surface area contributed by atoms with Crippen molar-refractivity contribution in [2.24, 2.45) is 5.73 Å². The third kappa shape index (κ3) is 2.20. The molecule has 0 heterocycles. The van der Waals surface area contributed by atoms with Gasteiger partial charge in [0.15, 0.2) is 11.5 Å². The van der Waals surface area contributed by atoms with Crippen LogP contribution in [0.15, 0.2) is 12.1 Å². The van der Waals surface area contributed by atoms with Gasteiger partial charge in [-0.2, -0.15) is 0 Å². The summed E-state index contributed by atoms with van der Waals surface area (Å²) >= 11 is 0. The van der Waals surface area contributed by atoms with E-state index in [0.29, 0.717) is 0 Å². The molecule has 0 saturated heterocycles. The number of methoxy groups -OCH3 is 1. The molecule has 1 atom stereocenters. The minimum atomic E-state index is -0.919. The van der Waals surface area contributed by atoms with E-state index in [9.17, 15) is 15.2 Å². The molecule has 1 rings (SSSR count). The first kappa shape index (κ1) is 12.2. The van der Waals surface area contributed by atoms with Crippen molar-refractivity contribution in [3.8, 4) is 11.5 Å². The molecule has 0 aliphatic carbocycles. The van der Waals surface area contributed by atoms with Crippen LogP contribution in [0.1, 0.15) is 11.6 Å². The van der Waals surface area contributed by atoms with Crippen molar-refractivity contribution in [2.75, 3.05) is 13.7 Å². The Morgan fingerprint density at radius 3 is 2.69 bits per heavy atom. The highest BCUT2D eigenvalue weighted by Crippen LogP contribution is 2.35. The number of ether oxygens (including phenoxy) is 1. The highest BCUT2D eigenvalue weighted by molar-refractivity contribution is 5.54. The molecule has 0 amide bonds. The van der Waals surface area contributed by atoms with E-state index >= 15 is 0 Å². The summed E-state index contributed by atoms with van der Waals surface area (Å²) in [5, 5.41) is 29.1. The third-order valence-electron chi connectivity index (χ3n) is 2.12. The summed E-state index contributed by atoms with van der Waals surface area (Å²) in [5.41, 5.74) is 5.25. The summed E-state index contributed by atoms with van der Waals surface area (Å²) < 4.78 is 4.75. The molecule has 0 aliphatic heterocycles. The van der Waals surface area contributed by atoms with Gasteiger partial charge in [-0.15, -0.1) is 0 Å². The van der Waals surface area contributed by atoms with Crippen molar-refractivity contribution < 1.29 is 19.9 Å². The van der Waals surface area contributed by atoms with Gasteiger partial charge in [0.1, 0.15) is 0 Å². The molecule has 88 valence electrons. The molecule has 16 heavy (non-hydrogen) atoms. The molecule has 0 aliphatic rings. The normalized spacial score (nSPS) is 12.2. The van der Waals surface area contributed by atoms with Crippen molar-refractivity contribution in [2.45, 2.75) is 6.04 Å². The van der Waals surface area contributed by atoms with E-state index in [1.807, 2.05) is 0 Å². The lowest BCUT2D eigenvalue weighted by molar-refractivity contribution is -0.385. The van der Waals surface area contributed by atoms with Crippen LogP contribution in [0, 0.1) is 10.1 Å². The number of hydrogen-bond donors (Lipinski definition) is 3. The van der Waals surface area contributed by atoms with Gasteiger partial charge in [0.05, 0.1) is 36.3 Å². The van der Waals surface area contributed by atoms with Gasteiger partial charge in [-0.25, -0.2) is 0 Å². The Labute approximate surface area is 91.2 Å². The van der Waals surface area contributed by atoms with E-state index < -0.39 is 17.6 Å². The number of rotatable bonds is 4. The van der Waals surface area contributed by atoms with Crippen LogP contribution < -0.4 is 10.5 Å². The van der Waals surface area contributed by atoms with Crippen LogP contribution in [0.5, 0.6) is 11.5 Å². The summed E-state index contributed by atoms with van der Waals surface area (Å²) in [6.45, 7) is -0.452. The van der Waals surface area contributed by atoms with Crippen LogP contribution in [-0.2, 0) is 0 Å². The van der Waals surface area contributed by atoms with Crippen LogP contribution in [0.2, 0.25) is 0 Å². The molecular weight excluding hydrogens is 216 g/mol. The Bertz CT molecular complexity index is 407. The van der Waals surface area contributed by atoms with Crippen LogP contribution in [0.4, 0.5) is 5.69 Å². The SMILES string of the molecule is COc1cc([N+](=O)[O-])c([C@H](N)CO)cc1O. The zero-order chi connectivity index (χ0) is 12.3. The van der Waals surface area contributed by atoms with Gasteiger partial charge >= 0.3 is 0 Å². The summed E-state index contributed by atoms with van der Waals surface area (Å²) in [6.07, 6.45) is 0. The second kappa shape index (κ2) is 4.77. The quantitative estimate of drug-likeness (QED) is 0.503. The largest absolute Gasteiger partial charge is 0.504 e. The fourth-order valence-corrected chi connectivity index (χ4v) is 1.29. The zero-order valence-electron chi connectivity index (χ0n) is 8.58. The predicted molar refractivity (Wildman–Crippen MR) is 55.3 cm³/mol. The van der Waals surface area contributed by atoms with E-state index in [0.717, 1.165) is 12.1 Å². The van der Waals surface area contributed by atoms with Gasteiger partial charge in [-0.3, -0.25) is 10.1 Å². The number of phenolic OH excluding ortho intramolecular Hbond substituents is 1. The lowest BCUT2D eigenvalue weighted by atomic mass is 10.1. The van der Waals surface area contributed by atoms with Crippen molar-refractivity contribution in [3.63, 3.8) is 0 Å². The topological polar surface area (TPSA) is 119 Å². The molecule has 7 heteroatoms. The average Bonchev–Trinajstić information content (AvgIpc) is 2.27. The first-order chi connectivity index (χ1) is 7.51. The number of benzene rings is 1. The highest BCUT2D eigenvalue weighted by atomic mass is 16.6. The van der Waals surface area contributed by atoms with Gasteiger partial charge in [0.2, 0.25) is 0 Å². The number of phenols is 1. The number of aliphatic hydroxyl groups excluding tert-OH is 1. The minimum absolute atomic E-state index is 0.0133. The molecule has 0 spiro atoms. The molecular formula is C9H12N2O5. The van der Waals surface area contributed by atoms with Gasteiger partial charge < -0.3 is 20.7 Å². The Morgan fingerprint density at radius 2 is 2.25 bits per heavy atom. The highest BCUT2D eigenvalue weighted by Gasteiger charge is 2.22. The summed E-state index contributed by atoms with van der Waals surface area (Å²) in [7, 11) is 1.28. The Kier molecular flexibility index (Phi) is 3.64. The Hall–Kier alpha value is -1.86. The van der Waals surface area contributed by atoms with Crippen molar-refractivity contribution in [1.29, 1.82) is 0 Å². The standard InChI is InChI=1S/C9H12N2O5/c1-16-9-3-7(11(14)15)5(2-8(9)13)6(10)4-12/h2-3,6,12-13H,4,10H2,1H3/t6-/m1/s1. The van der Waals surface area contributed by atoms with Gasteiger partial charge in [0, 0.05) is 0 Å². The van der Waals surface area contributed by atoms with Crippen LogP contribution in [0.25, 0.3) is 0 Å². The molecule has 4 N–H and O–H groups in total. The monoisotopic (exact) mass is 228 g/mol. The number of hydrogen-bond acceptors (Lipinski definition) is 6. The maximum atomic E-state index is 10.8. The van der Waals surface area contributed by atoms with E-state index in [4.69, 9.17) is 15.6 Å². The Balaban J connectivity index is 3.36. The number of nitrogens with zero attached hydrogens (tertiary/aromatic N) is 1. The summed E-state index contributed by atoms with van der Waals surface area (Å²) in [4.78, 5) is 10.1. The van der Waals surface area contributed by atoms with Gasteiger partial charge in [-0.05, 0) is 6.07 Å². The molecule has 0 unspecified atom stereocenters. The smallest absolute Gasteiger partial charge is 0.278 e. The molecule has 0 aromatic heterocycles. The molecule has 0 saturated carbocycles. The Morgan fingerprint density at radius 1 is 1.62 bits per heavy atom. The predicted octanol–water partition coefficient (Wildman–Crippen LogP) is 0.301. The van der Waals surface area contributed by atoms with Crippen LogP contribution in [0.3, 0.4) is 0 Å². The number of aliphatic hydroxyl groups is 1. The second-order valence-corrected chi connectivity index (χ2v) is 3.13. The first-order valence-electron chi connectivity index (χ1n) is 4.43. The van der Waals surface area contributed by atoms with E-state index in [-0.39, 0.29) is 22.7 Å². The molecule has 0 radical (unpaired) electrons. The maximum Gasteiger partial charge on any atom is 0.278 e. The van der Waals surface area contributed by atoms with Gasteiger partial charge in [0.25, 0.3) is 5.69 Å². The molecule has 1 aromatic carbocycles. The first-order valence-corrected chi connectivity index (χ1v) is 4.43. The molecule has 7 nitrogen and oxygen atoms in total. The average molecular weight is 228 g/mol. The van der Waals surface area contributed by atoms with Gasteiger partial charge in [-0.1, -0.05) is 0 Å². The maximum absolute atomic E-state index is 10.8. The van der Waals surface area contributed by atoms with Crippen molar-refractivity contribution in [1.82, 2.24) is 0 Å². The van der Waals surface area contributed by atoms with E-state index in [1.165, 1.54) is 7.11 Å². The number of aromatic hydroxyl groups is 1. The van der Waals surface area contributed by atoms with Crippen LogP contribution >= 0.6 is 0 Å². The second-order valence-electron chi connectivity index (χ2n) is 3.13. The number of nitro benzene ring substituents is 1. The van der Waals surface area contributed by atoms with Crippen molar-refractivity contribution in [3.05, 3.63) is 27.8 Å². The van der Waals surface area contributed by atoms with Crippen LogP contribution in [-0.4, -0.2) is 28.9 Å². The third-order valence-corrected chi connectivity index (χ3v) is 2.12. The zero-order valence-corrected chi connectivity index (χ0v) is 8.58.